The smallest absolute Gasteiger partial charge is 0.136 e. The van der Waals surface area contributed by atoms with Crippen molar-refractivity contribution in [3.8, 4) is 0 Å². The Labute approximate surface area is 119 Å². The molecular weight excluding hydrogens is 232 g/mol. The normalized spacial score (nSPS) is 36.6. The minimum absolute atomic E-state index is 0.340. The van der Waals surface area contributed by atoms with Gasteiger partial charge in [0, 0.05) is 12.3 Å². The monoisotopic (exact) mass is 264 g/mol. The number of carbonyl (C=O) groups is 1. The summed E-state index contributed by atoms with van der Waals surface area (Å²) >= 11 is 0. The lowest BCUT2D eigenvalue weighted by Gasteiger charge is -2.42. The van der Waals surface area contributed by atoms with Crippen LogP contribution in [0.1, 0.15) is 79.1 Å². The molecule has 0 aliphatic heterocycles. The molecule has 1 nitrogen and oxygen atoms in total. The number of Topliss-reactive ketones (excluding diaryl/α,β-unsaturated/α-hetero) is 1. The predicted molar refractivity (Wildman–Crippen MR) is 81.0 cm³/mol. The van der Waals surface area contributed by atoms with Gasteiger partial charge in [0.2, 0.25) is 0 Å². The van der Waals surface area contributed by atoms with Crippen LogP contribution in [-0.2, 0) is 4.79 Å². The average Bonchev–Trinajstić information content (AvgIpc) is 2.67. The van der Waals surface area contributed by atoms with Gasteiger partial charge in [-0.2, -0.15) is 0 Å². The van der Waals surface area contributed by atoms with Gasteiger partial charge >= 0.3 is 0 Å². The number of carbonyl (C=O) groups excluding carboxylic acids is 1. The van der Waals surface area contributed by atoms with Gasteiger partial charge in [0.05, 0.1) is 0 Å². The van der Waals surface area contributed by atoms with Crippen molar-refractivity contribution in [1.29, 1.82) is 0 Å². The van der Waals surface area contributed by atoms with Crippen LogP contribution in [0.4, 0.5) is 0 Å². The van der Waals surface area contributed by atoms with Gasteiger partial charge in [-0.25, -0.2) is 0 Å². The van der Waals surface area contributed by atoms with E-state index >= 15 is 0 Å². The maximum absolute atomic E-state index is 12.2. The van der Waals surface area contributed by atoms with Crippen LogP contribution < -0.4 is 0 Å². The van der Waals surface area contributed by atoms with Gasteiger partial charge in [-0.1, -0.05) is 47.0 Å². The summed E-state index contributed by atoms with van der Waals surface area (Å²) in [4.78, 5) is 12.2. The summed E-state index contributed by atoms with van der Waals surface area (Å²) in [5, 5.41) is 0. The molecule has 0 saturated heterocycles. The summed E-state index contributed by atoms with van der Waals surface area (Å²) < 4.78 is 0. The maximum atomic E-state index is 12.2. The van der Waals surface area contributed by atoms with Crippen molar-refractivity contribution in [3.63, 3.8) is 0 Å². The van der Waals surface area contributed by atoms with Crippen molar-refractivity contribution >= 4 is 5.78 Å². The number of rotatable bonds is 5. The number of fused-ring (bicyclic) bond motifs is 1. The fourth-order valence-corrected chi connectivity index (χ4v) is 4.95. The molecule has 0 bridgehead atoms. The Morgan fingerprint density at radius 2 is 1.95 bits per heavy atom. The van der Waals surface area contributed by atoms with Crippen LogP contribution >= 0.6 is 0 Å². The fraction of sp³-hybridized carbons (Fsp3) is 0.944. The molecule has 2 rings (SSSR count). The topological polar surface area (TPSA) is 17.1 Å². The highest BCUT2D eigenvalue weighted by atomic mass is 16.1. The van der Waals surface area contributed by atoms with Crippen LogP contribution in [0.5, 0.6) is 0 Å². The average molecular weight is 264 g/mol. The van der Waals surface area contributed by atoms with Crippen LogP contribution in [0.3, 0.4) is 0 Å². The molecule has 19 heavy (non-hydrogen) atoms. The summed E-state index contributed by atoms with van der Waals surface area (Å²) in [6.07, 6.45) is 9.85. The minimum atomic E-state index is 0.340. The van der Waals surface area contributed by atoms with Crippen molar-refractivity contribution in [3.05, 3.63) is 0 Å². The second-order valence-corrected chi connectivity index (χ2v) is 7.86. The van der Waals surface area contributed by atoms with Gasteiger partial charge < -0.3 is 0 Å². The first kappa shape index (κ1) is 15.1. The van der Waals surface area contributed by atoms with E-state index in [1.165, 1.54) is 38.5 Å². The van der Waals surface area contributed by atoms with E-state index in [9.17, 15) is 4.79 Å². The molecule has 0 aromatic carbocycles. The highest BCUT2D eigenvalue weighted by Crippen LogP contribution is 2.57. The Balaban J connectivity index is 1.95. The van der Waals surface area contributed by atoms with Gasteiger partial charge in [0.15, 0.2) is 0 Å². The Morgan fingerprint density at radius 1 is 1.21 bits per heavy atom. The van der Waals surface area contributed by atoms with E-state index < -0.39 is 0 Å². The van der Waals surface area contributed by atoms with Gasteiger partial charge in [-0.05, 0) is 48.9 Å². The summed E-state index contributed by atoms with van der Waals surface area (Å²) in [7, 11) is 0. The molecule has 2 saturated carbocycles. The SMILES string of the molecule is CC(C)CCCC(C)[C@H]1CC[C@H]2C(=O)CCC[C@]12C. The van der Waals surface area contributed by atoms with Gasteiger partial charge in [-0.3, -0.25) is 4.79 Å². The lowest BCUT2D eigenvalue weighted by Crippen LogP contribution is -2.39. The number of ketones is 1. The molecule has 1 unspecified atom stereocenters. The third-order valence-electron chi connectivity index (χ3n) is 6.06. The molecule has 0 aromatic heterocycles. The van der Waals surface area contributed by atoms with Crippen molar-refractivity contribution < 1.29 is 4.79 Å². The molecule has 2 aliphatic carbocycles. The minimum Gasteiger partial charge on any atom is -0.299 e. The molecule has 4 atom stereocenters. The molecule has 2 aliphatic rings. The van der Waals surface area contributed by atoms with Gasteiger partial charge in [0.1, 0.15) is 5.78 Å². The first-order valence-electron chi connectivity index (χ1n) is 8.48. The highest BCUT2D eigenvalue weighted by molar-refractivity contribution is 5.83. The first-order valence-corrected chi connectivity index (χ1v) is 8.48. The molecule has 0 N–H and O–H groups in total. The Bertz CT molecular complexity index is 320. The second-order valence-electron chi connectivity index (χ2n) is 7.86. The van der Waals surface area contributed by atoms with Gasteiger partial charge in [-0.15, -0.1) is 0 Å². The van der Waals surface area contributed by atoms with Crippen molar-refractivity contribution in [2.24, 2.45) is 29.1 Å². The molecule has 110 valence electrons. The molecule has 0 radical (unpaired) electrons. The van der Waals surface area contributed by atoms with Gasteiger partial charge in [0.25, 0.3) is 0 Å². The summed E-state index contributed by atoms with van der Waals surface area (Å²) in [5.74, 6) is 3.41. The lowest BCUT2D eigenvalue weighted by atomic mass is 9.62. The Morgan fingerprint density at radius 3 is 2.63 bits per heavy atom. The zero-order valence-electron chi connectivity index (χ0n) is 13.4. The summed E-state index contributed by atoms with van der Waals surface area (Å²) in [6.45, 7) is 9.50. The van der Waals surface area contributed by atoms with E-state index in [0.29, 0.717) is 17.1 Å². The second kappa shape index (κ2) is 5.97. The van der Waals surface area contributed by atoms with Crippen molar-refractivity contribution in [2.45, 2.75) is 79.1 Å². The zero-order valence-corrected chi connectivity index (χ0v) is 13.4. The van der Waals surface area contributed by atoms with E-state index in [1.807, 2.05) is 0 Å². The van der Waals surface area contributed by atoms with Crippen LogP contribution in [0.15, 0.2) is 0 Å². The Hall–Kier alpha value is -0.330. The molecule has 0 heterocycles. The van der Waals surface area contributed by atoms with E-state index in [0.717, 1.165) is 30.6 Å². The van der Waals surface area contributed by atoms with Crippen LogP contribution in [0, 0.1) is 29.1 Å². The summed E-state index contributed by atoms with van der Waals surface area (Å²) in [5.41, 5.74) is 0.340. The first-order chi connectivity index (χ1) is 8.95. The van der Waals surface area contributed by atoms with Crippen molar-refractivity contribution in [1.82, 2.24) is 0 Å². The maximum Gasteiger partial charge on any atom is 0.136 e. The van der Waals surface area contributed by atoms with Crippen LogP contribution in [0.25, 0.3) is 0 Å². The fourth-order valence-electron chi connectivity index (χ4n) is 4.95. The predicted octanol–water partition coefficient (Wildman–Crippen LogP) is 5.23. The summed E-state index contributed by atoms with van der Waals surface area (Å²) in [6, 6.07) is 0. The molecule has 2 fully saturated rings. The largest absolute Gasteiger partial charge is 0.299 e. The molecular formula is C18H32O. The lowest BCUT2D eigenvalue weighted by molar-refractivity contribution is -0.130. The quantitative estimate of drug-likeness (QED) is 0.664. The van der Waals surface area contributed by atoms with E-state index in [2.05, 4.69) is 27.7 Å². The Kier molecular flexibility index (Phi) is 4.74. The third kappa shape index (κ3) is 3.06. The zero-order chi connectivity index (χ0) is 14.0. The highest BCUT2D eigenvalue weighted by Gasteiger charge is 2.52. The number of hydrogen-bond acceptors (Lipinski definition) is 1. The molecule has 0 amide bonds. The molecule has 1 heteroatoms. The number of hydrogen-bond donors (Lipinski definition) is 0. The van der Waals surface area contributed by atoms with E-state index in [-0.39, 0.29) is 0 Å². The standard InChI is InChI=1S/C18H32O/c1-13(2)7-5-8-14(3)15-10-11-16-17(19)9-6-12-18(15,16)4/h13-16H,5-12H2,1-4H3/t14?,15-,16+,18-/m1/s1. The van der Waals surface area contributed by atoms with Crippen LogP contribution in [-0.4, -0.2) is 5.78 Å². The van der Waals surface area contributed by atoms with E-state index in [1.54, 1.807) is 0 Å². The molecule has 0 aromatic rings. The molecule has 0 spiro atoms. The van der Waals surface area contributed by atoms with Crippen molar-refractivity contribution in [2.75, 3.05) is 0 Å². The van der Waals surface area contributed by atoms with E-state index in [4.69, 9.17) is 0 Å². The third-order valence-corrected chi connectivity index (χ3v) is 6.06. The van der Waals surface area contributed by atoms with Crippen LogP contribution in [0.2, 0.25) is 0 Å².